The van der Waals surface area contributed by atoms with Crippen molar-refractivity contribution in [1.82, 2.24) is 9.78 Å². The van der Waals surface area contributed by atoms with Crippen molar-refractivity contribution in [2.24, 2.45) is 7.05 Å². The number of non-ortho nitro benzene ring substituents is 1. The molecule has 1 N–H and O–H groups in total. The first-order valence-corrected chi connectivity index (χ1v) is 5.26. The number of fused-ring (bicyclic) bond motifs is 1. The van der Waals surface area contributed by atoms with Gasteiger partial charge in [0.05, 0.1) is 16.5 Å². The van der Waals surface area contributed by atoms with E-state index in [1.807, 2.05) is 0 Å². The van der Waals surface area contributed by atoms with Crippen LogP contribution in [0.2, 0.25) is 0 Å². The minimum Gasteiger partial charge on any atom is -0.481 e. The van der Waals surface area contributed by atoms with Gasteiger partial charge in [0.25, 0.3) is 5.69 Å². The van der Waals surface area contributed by atoms with Crippen LogP contribution in [0.25, 0.3) is 10.9 Å². The molecule has 94 valence electrons. The molecule has 0 fully saturated rings. The number of hydrogen-bond donors (Lipinski definition) is 1. The number of para-hydroxylation sites is 1. The molecule has 1 unspecified atom stereocenters. The van der Waals surface area contributed by atoms with Crippen molar-refractivity contribution in [3.05, 3.63) is 34.0 Å². The average molecular weight is 249 g/mol. The summed E-state index contributed by atoms with van der Waals surface area (Å²) in [4.78, 5) is 21.4. The van der Waals surface area contributed by atoms with Crippen LogP contribution in [0.4, 0.5) is 5.69 Å². The fourth-order valence-electron chi connectivity index (χ4n) is 1.93. The van der Waals surface area contributed by atoms with Crippen LogP contribution in [0.3, 0.4) is 0 Å². The van der Waals surface area contributed by atoms with Crippen LogP contribution >= 0.6 is 0 Å². The largest absolute Gasteiger partial charge is 0.481 e. The molecule has 0 aliphatic heterocycles. The van der Waals surface area contributed by atoms with Gasteiger partial charge in [0.2, 0.25) is 0 Å². The maximum Gasteiger partial charge on any atom is 0.312 e. The second kappa shape index (κ2) is 4.10. The van der Waals surface area contributed by atoms with Gasteiger partial charge in [-0.3, -0.25) is 19.6 Å². The molecular formula is C11H11N3O4. The van der Waals surface area contributed by atoms with E-state index in [2.05, 4.69) is 5.10 Å². The Bertz CT molecular complexity index is 647. The quantitative estimate of drug-likeness (QED) is 0.659. The van der Waals surface area contributed by atoms with Gasteiger partial charge in [-0.15, -0.1) is 0 Å². The van der Waals surface area contributed by atoms with Gasteiger partial charge in [0.1, 0.15) is 5.52 Å². The van der Waals surface area contributed by atoms with E-state index in [0.29, 0.717) is 16.6 Å². The molecule has 2 rings (SSSR count). The molecule has 0 aliphatic rings. The standard InChI is InChI=1S/C11H11N3O4/c1-6(11(15)16)9-7-4-3-5-8(14(17)18)10(7)13(2)12-9/h3-6H,1-2H3,(H,15,16). The van der Waals surface area contributed by atoms with E-state index in [4.69, 9.17) is 5.11 Å². The Morgan fingerprint density at radius 1 is 1.56 bits per heavy atom. The van der Waals surface area contributed by atoms with Crippen molar-refractivity contribution in [2.45, 2.75) is 12.8 Å². The van der Waals surface area contributed by atoms with Crippen molar-refractivity contribution < 1.29 is 14.8 Å². The van der Waals surface area contributed by atoms with E-state index in [1.54, 1.807) is 13.1 Å². The third-order valence-electron chi connectivity index (χ3n) is 2.85. The zero-order chi connectivity index (χ0) is 13.4. The first-order chi connectivity index (χ1) is 8.43. The highest BCUT2D eigenvalue weighted by Gasteiger charge is 2.24. The molecule has 0 radical (unpaired) electrons. The van der Waals surface area contributed by atoms with Crippen LogP contribution in [-0.4, -0.2) is 25.8 Å². The number of nitro benzene ring substituents is 1. The summed E-state index contributed by atoms with van der Waals surface area (Å²) in [5.74, 6) is -1.82. The van der Waals surface area contributed by atoms with Crippen LogP contribution in [0.5, 0.6) is 0 Å². The van der Waals surface area contributed by atoms with Crippen molar-refractivity contribution in [3.63, 3.8) is 0 Å². The van der Waals surface area contributed by atoms with Crippen LogP contribution in [-0.2, 0) is 11.8 Å². The maximum absolute atomic E-state index is 11.0. The number of aryl methyl sites for hydroxylation is 1. The van der Waals surface area contributed by atoms with Gasteiger partial charge < -0.3 is 5.11 Å². The Balaban J connectivity index is 2.77. The van der Waals surface area contributed by atoms with E-state index < -0.39 is 16.8 Å². The number of aromatic nitrogens is 2. The summed E-state index contributed by atoms with van der Waals surface area (Å²) < 4.78 is 1.35. The Morgan fingerprint density at radius 3 is 2.78 bits per heavy atom. The normalized spacial score (nSPS) is 12.6. The first-order valence-electron chi connectivity index (χ1n) is 5.26. The van der Waals surface area contributed by atoms with E-state index in [1.165, 1.54) is 23.7 Å². The van der Waals surface area contributed by atoms with Gasteiger partial charge in [-0.25, -0.2) is 0 Å². The molecule has 0 amide bonds. The summed E-state index contributed by atoms with van der Waals surface area (Å²) in [6, 6.07) is 4.55. The highest BCUT2D eigenvalue weighted by atomic mass is 16.6. The third-order valence-corrected chi connectivity index (χ3v) is 2.85. The lowest BCUT2D eigenvalue weighted by Gasteiger charge is -2.01. The summed E-state index contributed by atoms with van der Waals surface area (Å²) in [5, 5.41) is 24.5. The van der Waals surface area contributed by atoms with E-state index >= 15 is 0 Å². The molecule has 7 heteroatoms. The number of aliphatic carboxylic acids is 1. The molecule has 7 nitrogen and oxygen atoms in total. The first kappa shape index (κ1) is 12.0. The van der Waals surface area contributed by atoms with Crippen molar-refractivity contribution in [3.8, 4) is 0 Å². The number of rotatable bonds is 3. The summed E-state index contributed by atoms with van der Waals surface area (Å²) >= 11 is 0. The van der Waals surface area contributed by atoms with Crippen LogP contribution in [0, 0.1) is 10.1 Å². The monoisotopic (exact) mass is 249 g/mol. The second-order valence-electron chi connectivity index (χ2n) is 4.00. The Hall–Kier alpha value is -2.44. The molecule has 1 aromatic carbocycles. The highest BCUT2D eigenvalue weighted by molar-refractivity contribution is 5.93. The van der Waals surface area contributed by atoms with Gasteiger partial charge in [-0.1, -0.05) is 12.1 Å². The highest BCUT2D eigenvalue weighted by Crippen LogP contribution is 2.30. The molecular weight excluding hydrogens is 238 g/mol. The fraction of sp³-hybridized carbons (Fsp3) is 0.273. The number of carbonyl (C=O) groups is 1. The van der Waals surface area contributed by atoms with E-state index in [0.717, 1.165) is 0 Å². The van der Waals surface area contributed by atoms with Gasteiger partial charge in [0.15, 0.2) is 0 Å². The molecule has 0 bridgehead atoms. The van der Waals surface area contributed by atoms with Crippen molar-refractivity contribution in [1.29, 1.82) is 0 Å². The van der Waals surface area contributed by atoms with Crippen LogP contribution in [0.1, 0.15) is 18.5 Å². The molecule has 0 spiro atoms. The topological polar surface area (TPSA) is 98.3 Å². The second-order valence-corrected chi connectivity index (χ2v) is 4.00. The van der Waals surface area contributed by atoms with Crippen LogP contribution < -0.4 is 0 Å². The van der Waals surface area contributed by atoms with Crippen molar-refractivity contribution >= 4 is 22.6 Å². The smallest absolute Gasteiger partial charge is 0.312 e. The van der Waals surface area contributed by atoms with Crippen LogP contribution in [0.15, 0.2) is 18.2 Å². The zero-order valence-corrected chi connectivity index (χ0v) is 9.82. The number of nitro groups is 1. The minimum absolute atomic E-state index is 0.0775. The van der Waals surface area contributed by atoms with Gasteiger partial charge in [-0.05, 0) is 6.92 Å². The molecule has 1 heterocycles. The summed E-state index contributed by atoms with van der Waals surface area (Å²) in [5.41, 5.74) is 0.598. The molecule has 0 saturated heterocycles. The Kier molecular flexibility index (Phi) is 2.74. The van der Waals surface area contributed by atoms with Gasteiger partial charge in [-0.2, -0.15) is 5.10 Å². The number of carboxylic acids is 1. The predicted molar refractivity (Wildman–Crippen MR) is 63.4 cm³/mol. The molecule has 0 aliphatic carbocycles. The number of benzene rings is 1. The number of nitrogens with zero attached hydrogens (tertiary/aromatic N) is 3. The predicted octanol–water partition coefficient (Wildman–Crippen LogP) is 1.67. The minimum atomic E-state index is -1.01. The Labute approximate surface area is 102 Å². The van der Waals surface area contributed by atoms with E-state index in [9.17, 15) is 14.9 Å². The molecule has 0 saturated carbocycles. The van der Waals surface area contributed by atoms with E-state index in [-0.39, 0.29) is 5.69 Å². The Morgan fingerprint density at radius 2 is 2.22 bits per heavy atom. The fourth-order valence-corrected chi connectivity index (χ4v) is 1.93. The lowest BCUT2D eigenvalue weighted by Crippen LogP contribution is -2.08. The summed E-state index contributed by atoms with van der Waals surface area (Å²) in [6.45, 7) is 1.50. The summed E-state index contributed by atoms with van der Waals surface area (Å²) in [7, 11) is 1.56. The SMILES string of the molecule is CC(C(=O)O)c1nn(C)c2c([N+](=O)[O-])cccc12. The van der Waals surface area contributed by atoms with Gasteiger partial charge in [0, 0.05) is 18.5 Å². The third kappa shape index (κ3) is 1.69. The molecule has 1 aromatic heterocycles. The average Bonchev–Trinajstić information content (AvgIpc) is 2.65. The zero-order valence-electron chi connectivity index (χ0n) is 9.82. The lowest BCUT2D eigenvalue weighted by atomic mass is 10.0. The summed E-state index contributed by atoms with van der Waals surface area (Å²) in [6.07, 6.45) is 0. The number of carboxylic acid groups (broad SMARTS) is 1. The number of hydrogen-bond acceptors (Lipinski definition) is 4. The molecule has 18 heavy (non-hydrogen) atoms. The molecule has 1 atom stereocenters. The maximum atomic E-state index is 11.0. The lowest BCUT2D eigenvalue weighted by molar-refractivity contribution is -0.383. The molecule has 2 aromatic rings. The van der Waals surface area contributed by atoms with Gasteiger partial charge >= 0.3 is 5.97 Å². The van der Waals surface area contributed by atoms with Crippen molar-refractivity contribution in [2.75, 3.05) is 0 Å².